The minimum atomic E-state index is -0.580. The monoisotopic (exact) mass is 536 g/mol. The summed E-state index contributed by atoms with van der Waals surface area (Å²) in [6.45, 7) is 1.98. The highest BCUT2D eigenvalue weighted by molar-refractivity contribution is 6.34. The van der Waals surface area contributed by atoms with Gasteiger partial charge in [0.25, 0.3) is 0 Å². The first-order valence-corrected chi connectivity index (χ1v) is 12.3. The van der Waals surface area contributed by atoms with E-state index in [9.17, 15) is 9.59 Å². The maximum absolute atomic E-state index is 12.9. The molecule has 8 nitrogen and oxygen atoms in total. The maximum atomic E-state index is 12.9. The number of rotatable bonds is 6. The Morgan fingerprint density at radius 2 is 1.78 bits per heavy atom. The Bertz CT molecular complexity index is 1540. The van der Waals surface area contributed by atoms with Gasteiger partial charge in [-0.05, 0) is 61.7 Å². The van der Waals surface area contributed by atoms with Crippen LogP contribution < -0.4 is 10.5 Å². The van der Waals surface area contributed by atoms with Crippen molar-refractivity contribution in [2.45, 2.75) is 19.8 Å². The van der Waals surface area contributed by atoms with E-state index in [4.69, 9.17) is 38.4 Å². The molecule has 0 radical (unpaired) electrons. The molecule has 0 saturated heterocycles. The van der Waals surface area contributed by atoms with E-state index in [0.717, 1.165) is 22.4 Å². The Hall–Kier alpha value is -3.88. The van der Waals surface area contributed by atoms with E-state index in [0.29, 0.717) is 45.5 Å². The number of primary amides is 1. The quantitative estimate of drug-likeness (QED) is 0.335. The zero-order valence-electron chi connectivity index (χ0n) is 20.0. The zero-order chi connectivity index (χ0) is 26.3. The highest BCUT2D eigenvalue weighted by atomic mass is 35.5. The van der Waals surface area contributed by atoms with Crippen molar-refractivity contribution in [1.82, 2.24) is 14.8 Å². The number of esters is 1. The molecule has 1 aliphatic rings. The van der Waals surface area contributed by atoms with Crippen molar-refractivity contribution < 1.29 is 19.1 Å². The number of carbonyl (C=O) groups excluding carboxylic acids is 2. The van der Waals surface area contributed by atoms with E-state index in [1.807, 2.05) is 12.1 Å². The number of ether oxygens (including phenoxy) is 2. The Balaban J connectivity index is 1.78. The Morgan fingerprint density at radius 3 is 2.46 bits per heavy atom. The maximum Gasteiger partial charge on any atom is 0.359 e. The number of benzene rings is 2. The number of carbonyl (C=O) groups is 2. The van der Waals surface area contributed by atoms with Crippen LogP contribution in [0.2, 0.25) is 10.0 Å². The van der Waals surface area contributed by atoms with Crippen molar-refractivity contribution in [3.63, 3.8) is 0 Å². The number of nitrogens with zero attached hydrogens (tertiary/aromatic N) is 3. The average molecular weight is 537 g/mol. The minimum Gasteiger partial charge on any atom is -0.496 e. The fourth-order valence-electron chi connectivity index (χ4n) is 4.60. The third kappa shape index (κ3) is 4.54. The molecule has 37 heavy (non-hydrogen) atoms. The van der Waals surface area contributed by atoms with Gasteiger partial charge in [-0.25, -0.2) is 9.48 Å². The molecule has 188 valence electrons. The molecule has 0 aliphatic heterocycles. The van der Waals surface area contributed by atoms with Gasteiger partial charge in [-0.1, -0.05) is 23.2 Å². The summed E-state index contributed by atoms with van der Waals surface area (Å²) < 4.78 is 12.7. The van der Waals surface area contributed by atoms with Gasteiger partial charge in [0, 0.05) is 44.7 Å². The van der Waals surface area contributed by atoms with Crippen LogP contribution in [0.5, 0.6) is 5.75 Å². The van der Waals surface area contributed by atoms with Gasteiger partial charge >= 0.3 is 5.97 Å². The number of aryl methyl sites for hydroxylation is 1. The van der Waals surface area contributed by atoms with Crippen molar-refractivity contribution >= 4 is 35.1 Å². The Morgan fingerprint density at radius 1 is 1.03 bits per heavy atom. The molecule has 2 aromatic heterocycles. The Kier molecular flexibility index (Phi) is 6.62. The summed E-state index contributed by atoms with van der Waals surface area (Å²) in [6.07, 6.45) is 4.29. The fraction of sp³-hybridized carbons (Fsp3) is 0.185. The summed E-state index contributed by atoms with van der Waals surface area (Å²) in [7, 11) is 1.59. The lowest BCUT2D eigenvalue weighted by Crippen LogP contribution is -2.12. The number of nitrogens with two attached hydrogens (primary N) is 1. The van der Waals surface area contributed by atoms with Crippen LogP contribution in [0.15, 0.2) is 48.8 Å². The van der Waals surface area contributed by atoms with Crippen LogP contribution in [0, 0.1) is 0 Å². The standard InChI is InChI=1S/C27H22Cl2N4O4/c1-3-37-27(35)24-20-5-4-14-7-23(36-2)21(15-6-16(26(30)34)13-31-12-15)11-22(14)25(20)33(32-24)19-9-17(28)8-18(29)10-19/h6-13H,3-5H2,1-2H3,(H2,30,34). The number of aromatic nitrogens is 3. The molecule has 0 bridgehead atoms. The zero-order valence-corrected chi connectivity index (χ0v) is 21.6. The normalized spacial score (nSPS) is 12.0. The van der Waals surface area contributed by atoms with Gasteiger partial charge in [-0.3, -0.25) is 9.78 Å². The van der Waals surface area contributed by atoms with Crippen LogP contribution >= 0.6 is 23.2 Å². The summed E-state index contributed by atoms with van der Waals surface area (Å²) >= 11 is 12.6. The molecule has 0 spiro atoms. The number of methoxy groups -OCH3 is 1. The highest BCUT2D eigenvalue weighted by Crippen LogP contribution is 2.43. The predicted octanol–water partition coefficient (Wildman–Crippen LogP) is 5.29. The van der Waals surface area contributed by atoms with Crippen molar-refractivity contribution in [2.75, 3.05) is 13.7 Å². The second-order valence-electron chi connectivity index (χ2n) is 8.47. The molecule has 1 amide bonds. The first-order chi connectivity index (χ1) is 17.8. The van der Waals surface area contributed by atoms with Crippen LogP contribution in [0.3, 0.4) is 0 Å². The van der Waals surface area contributed by atoms with Crippen LogP contribution in [0.4, 0.5) is 0 Å². The number of amides is 1. The number of hydrogen-bond acceptors (Lipinski definition) is 6. The first kappa shape index (κ1) is 24.8. The van der Waals surface area contributed by atoms with E-state index in [1.54, 1.807) is 49.2 Å². The van der Waals surface area contributed by atoms with Gasteiger partial charge in [0.2, 0.25) is 5.91 Å². The van der Waals surface area contributed by atoms with Gasteiger partial charge in [0.1, 0.15) is 5.75 Å². The van der Waals surface area contributed by atoms with E-state index in [2.05, 4.69) is 10.1 Å². The number of fused-ring (bicyclic) bond motifs is 3. The number of halogens is 2. The lowest BCUT2D eigenvalue weighted by Gasteiger charge is -2.22. The summed E-state index contributed by atoms with van der Waals surface area (Å²) in [5, 5.41) is 5.53. The third-order valence-corrected chi connectivity index (χ3v) is 6.64. The molecule has 5 rings (SSSR count). The average Bonchev–Trinajstić information content (AvgIpc) is 3.28. The van der Waals surface area contributed by atoms with Crippen LogP contribution in [0.25, 0.3) is 28.1 Å². The van der Waals surface area contributed by atoms with E-state index in [-0.39, 0.29) is 17.9 Å². The highest BCUT2D eigenvalue weighted by Gasteiger charge is 2.31. The van der Waals surface area contributed by atoms with Crippen LogP contribution in [0.1, 0.15) is 38.9 Å². The molecule has 1 aliphatic carbocycles. The molecular formula is C27H22Cl2N4O4. The molecule has 2 aromatic carbocycles. The van der Waals surface area contributed by atoms with Gasteiger partial charge in [0.05, 0.1) is 30.7 Å². The van der Waals surface area contributed by atoms with Gasteiger partial charge in [-0.2, -0.15) is 5.10 Å². The predicted molar refractivity (Wildman–Crippen MR) is 141 cm³/mol. The number of pyridine rings is 1. The van der Waals surface area contributed by atoms with Gasteiger partial charge < -0.3 is 15.2 Å². The van der Waals surface area contributed by atoms with Crippen molar-refractivity contribution in [3.05, 3.63) is 81.2 Å². The van der Waals surface area contributed by atoms with E-state index < -0.39 is 11.9 Å². The molecular weight excluding hydrogens is 515 g/mol. The summed E-state index contributed by atoms with van der Waals surface area (Å²) in [5.74, 6) is -0.460. The number of hydrogen-bond donors (Lipinski definition) is 1. The van der Waals surface area contributed by atoms with Crippen LogP contribution in [-0.2, 0) is 17.6 Å². The molecule has 0 fully saturated rings. The lowest BCUT2D eigenvalue weighted by atomic mass is 9.86. The van der Waals surface area contributed by atoms with Crippen LogP contribution in [-0.4, -0.2) is 40.4 Å². The van der Waals surface area contributed by atoms with Crippen molar-refractivity contribution in [2.24, 2.45) is 5.73 Å². The van der Waals surface area contributed by atoms with Crippen molar-refractivity contribution in [3.8, 4) is 33.8 Å². The lowest BCUT2D eigenvalue weighted by molar-refractivity contribution is 0.0517. The SMILES string of the molecule is CCOC(=O)c1nn(-c2cc(Cl)cc(Cl)c2)c2c1CCc1cc(OC)c(-c3cncc(C(N)=O)c3)cc1-2. The summed E-state index contributed by atoms with van der Waals surface area (Å²) in [4.78, 5) is 28.8. The minimum absolute atomic E-state index is 0.227. The smallest absolute Gasteiger partial charge is 0.359 e. The largest absolute Gasteiger partial charge is 0.496 e. The van der Waals surface area contributed by atoms with Gasteiger partial charge in [0.15, 0.2) is 5.69 Å². The molecule has 2 heterocycles. The first-order valence-electron chi connectivity index (χ1n) is 11.5. The molecule has 4 aromatic rings. The summed E-state index contributed by atoms with van der Waals surface area (Å²) in [5.41, 5.74) is 11.3. The second kappa shape index (κ2) is 9.88. The van der Waals surface area contributed by atoms with Gasteiger partial charge in [-0.15, -0.1) is 0 Å². The summed E-state index contributed by atoms with van der Waals surface area (Å²) in [6, 6.07) is 10.7. The Labute approximate surface area is 222 Å². The van der Waals surface area contributed by atoms with Crippen molar-refractivity contribution in [1.29, 1.82) is 0 Å². The second-order valence-corrected chi connectivity index (χ2v) is 9.34. The third-order valence-electron chi connectivity index (χ3n) is 6.20. The fourth-order valence-corrected chi connectivity index (χ4v) is 5.12. The molecule has 0 unspecified atom stereocenters. The molecule has 2 N–H and O–H groups in total. The molecule has 0 saturated carbocycles. The molecule has 0 atom stereocenters. The van der Waals surface area contributed by atoms with E-state index in [1.165, 1.54) is 6.20 Å². The topological polar surface area (TPSA) is 109 Å². The van der Waals surface area contributed by atoms with E-state index >= 15 is 0 Å². The molecule has 10 heteroatoms.